The maximum Gasteiger partial charge on any atom is 0.260 e. The largest absolute Gasteiger partial charge is 0.496 e. The smallest absolute Gasteiger partial charge is 0.260 e. The van der Waals surface area contributed by atoms with Crippen LogP contribution in [0.1, 0.15) is 17.3 Å². The third kappa shape index (κ3) is 3.14. The average Bonchev–Trinajstić information content (AvgIpc) is 2.86. The minimum absolute atomic E-state index is 0.245. The molecule has 0 aliphatic carbocycles. The molecule has 0 spiro atoms. The van der Waals surface area contributed by atoms with Crippen molar-refractivity contribution >= 4 is 27.7 Å². The topological polar surface area (TPSA) is 56.2 Å². The lowest BCUT2D eigenvalue weighted by Crippen LogP contribution is -2.14. The van der Waals surface area contributed by atoms with Crippen molar-refractivity contribution in [2.24, 2.45) is 0 Å². The van der Waals surface area contributed by atoms with Crippen molar-refractivity contribution in [2.75, 3.05) is 12.4 Å². The molecule has 1 aromatic carbocycles. The van der Waals surface area contributed by atoms with E-state index in [1.54, 1.807) is 28.9 Å². The summed E-state index contributed by atoms with van der Waals surface area (Å²) in [7, 11) is 1.53. The molecular formula is C13H14BrN3O2. The Labute approximate surface area is 119 Å². The van der Waals surface area contributed by atoms with E-state index in [4.69, 9.17) is 4.74 Å². The number of nitrogens with zero attached hydrogens (tertiary/aromatic N) is 2. The number of carbonyl (C=O) groups excluding carboxylic acids is 1. The fraction of sp³-hybridized carbons (Fsp3) is 0.231. The first-order valence-electron chi connectivity index (χ1n) is 5.82. The lowest BCUT2D eigenvalue weighted by Gasteiger charge is -2.08. The standard InChI is InChI=1S/C13H14BrN3O2/c1-3-17-7-6-12(16-17)15-13(18)10-5-4-9(14)8-11(10)19-2/h4-8H,3H2,1-2H3,(H,15,16,18). The van der Waals surface area contributed by atoms with Crippen LogP contribution < -0.4 is 10.1 Å². The molecule has 0 bridgehead atoms. The quantitative estimate of drug-likeness (QED) is 0.941. The molecule has 0 radical (unpaired) electrons. The minimum atomic E-state index is -0.245. The van der Waals surface area contributed by atoms with Gasteiger partial charge in [0.1, 0.15) is 5.75 Å². The first-order chi connectivity index (χ1) is 9.13. The van der Waals surface area contributed by atoms with Crippen molar-refractivity contribution in [3.05, 3.63) is 40.5 Å². The molecule has 5 nitrogen and oxygen atoms in total. The van der Waals surface area contributed by atoms with Gasteiger partial charge in [0.15, 0.2) is 5.82 Å². The van der Waals surface area contributed by atoms with Crippen LogP contribution >= 0.6 is 15.9 Å². The molecule has 19 heavy (non-hydrogen) atoms. The van der Waals surface area contributed by atoms with Crippen LogP contribution in [-0.4, -0.2) is 22.8 Å². The second kappa shape index (κ2) is 5.88. The van der Waals surface area contributed by atoms with Gasteiger partial charge in [-0.25, -0.2) is 0 Å². The molecule has 1 heterocycles. The van der Waals surface area contributed by atoms with Gasteiger partial charge in [-0.1, -0.05) is 15.9 Å². The van der Waals surface area contributed by atoms with E-state index in [0.717, 1.165) is 11.0 Å². The van der Waals surface area contributed by atoms with Gasteiger partial charge < -0.3 is 10.1 Å². The number of methoxy groups -OCH3 is 1. The van der Waals surface area contributed by atoms with Crippen molar-refractivity contribution in [2.45, 2.75) is 13.5 Å². The van der Waals surface area contributed by atoms with Crippen LogP contribution in [-0.2, 0) is 6.54 Å². The molecule has 0 fully saturated rings. The molecule has 1 N–H and O–H groups in total. The van der Waals surface area contributed by atoms with Gasteiger partial charge in [-0.15, -0.1) is 0 Å². The third-order valence-electron chi connectivity index (χ3n) is 2.61. The minimum Gasteiger partial charge on any atom is -0.496 e. The predicted molar refractivity (Wildman–Crippen MR) is 76.5 cm³/mol. The van der Waals surface area contributed by atoms with Gasteiger partial charge in [0.2, 0.25) is 0 Å². The van der Waals surface area contributed by atoms with Gasteiger partial charge in [-0.05, 0) is 25.1 Å². The highest BCUT2D eigenvalue weighted by Crippen LogP contribution is 2.24. The predicted octanol–water partition coefficient (Wildman–Crippen LogP) is 2.93. The van der Waals surface area contributed by atoms with E-state index >= 15 is 0 Å². The fourth-order valence-electron chi connectivity index (χ4n) is 1.64. The molecule has 6 heteroatoms. The molecular weight excluding hydrogens is 310 g/mol. The van der Waals surface area contributed by atoms with Crippen LogP contribution in [0, 0.1) is 0 Å². The summed E-state index contributed by atoms with van der Waals surface area (Å²) < 4.78 is 7.80. The highest BCUT2D eigenvalue weighted by atomic mass is 79.9. The lowest BCUT2D eigenvalue weighted by atomic mass is 10.2. The second-order valence-corrected chi connectivity index (χ2v) is 4.77. The number of halogens is 1. The highest BCUT2D eigenvalue weighted by Gasteiger charge is 2.13. The number of aromatic nitrogens is 2. The zero-order valence-corrected chi connectivity index (χ0v) is 12.3. The van der Waals surface area contributed by atoms with Gasteiger partial charge in [0.05, 0.1) is 12.7 Å². The molecule has 1 aromatic heterocycles. The van der Waals surface area contributed by atoms with Crippen LogP contribution in [0.4, 0.5) is 5.82 Å². The van der Waals surface area contributed by atoms with E-state index in [1.165, 1.54) is 7.11 Å². The van der Waals surface area contributed by atoms with Gasteiger partial charge in [-0.2, -0.15) is 5.10 Å². The van der Waals surface area contributed by atoms with E-state index < -0.39 is 0 Å². The molecule has 0 unspecified atom stereocenters. The number of carbonyl (C=O) groups is 1. The number of aryl methyl sites for hydroxylation is 1. The molecule has 1 amide bonds. The third-order valence-corrected chi connectivity index (χ3v) is 3.11. The molecule has 0 aliphatic heterocycles. The number of hydrogen-bond acceptors (Lipinski definition) is 3. The zero-order valence-electron chi connectivity index (χ0n) is 10.7. The Bertz CT molecular complexity index is 595. The van der Waals surface area contributed by atoms with Crippen molar-refractivity contribution < 1.29 is 9.53 Å². The number of anilines is 1. The molecule has 0 saturated carbocycles. The number of nitrogens with one attached hydrogen (secondary N) is 1. The Kier molecular flexibility index (Phi) is 4.21. The number of rotatable bonds is 4. The van der Waals surface area contributed by atoms with E-state index in [-0.39, 0.29) is 5.91 Å². The Morgan fingerprint density at radius 1 is 1.47 bits per heavy atom. The van der Waals surface area contributed by atoms with E-state index in [2.05, 4.69) is 26.3 Å². The summed E-state index contributed by atoms with van der Waals surface area (Å²) >= 11 is 3.34. The Morgan fingerprint density at radius 2 is 2.26 bits per heavy atom. The SMILES string of the molecule is CCn1ccc(NC(=O)c2ccc(Br)cc2OC)n1. The monoisotopic (exact) mass is 323 g/mol. The van der Waals surface area contributed by atoms with Crippen LogP contribution in [0.25, 0.3) is 0 Å². The van der Waals surface area contributed by atoms with Crippen molar-refractivity contribution in [1.82, 2.24) is 9.78 Å². The highest BCUT2D eigenvalue weighted by molar-refractivity contribution is 9.10. The van der Waals surface area contributed by atoms with Crippen LogP contribution in [0.3, 0.4) is 0 Å². The van der Waals surface area contributed by atoms with Crippen LogP contribution in [0.5, 0.6) is 5.75 Å². The normalized spacial score (nSPS) is 10.3. The van der Waals surface area contributed by atoms with Crippen LogP contribution in [0.15, 0.2) is 34.9 Å². The Hall–Kier alpha value is -1.82. The summed E-state index contributed by atoms with van der Waals surface area (Å²) in [4.78, 5) is 12.1. The first-order valence-corrected chi connectivity index (χ1v) is 6.61. The van der Waals surface area contributed by atoms with Crippen molar-refractivity contribution in [3.8, 4) is 5.75 Å². The van der Waals surface area contributed by atoms with Crippen LogP contribution in [0.2, 0.25) is 0 Å². The van der Waals surface area contributed by atoms with Gasteiger partial charge in [-0.3, -0.25) is 9.48 Å². The summed E-state index contributed by atoms with van der Waals surface area (Å²) in [6.45, 7) is 2.74. The van der Waals surface area contributed by atoms with Crippen molar-refractivity contribution in [3.63, 3.8) is 0 Å². The Morgan fingerprint density at radius 3 is 2.89 bits per heavy atom. The molecule has 100 valence electrons. The molecule has 0 aliphatic rings. The molecule has 2 rings (SSSR count). The summed E-state index contributed by atoms with van der Waals surface area (Å²) in [5.74, 6) is 0.796. The number of amides is 1. The summed E-state index contributed by atoms with van der Waals surface area (Å²) in [6, 6.07) is 7.00. The van der Waals surface area contributed by atoms with Gasteiger partial charge in [0.25, 0.3) is 5.91 Å². The van der Waals surface area contributed by atoms with Gasteiger partial charge >= 0.3 is 0 Å². The zero-order chi connectivity index (χ0) is 13.8. The first kappa shape index (κ1) is 13.6. The van der Waals surface area contributed by atoms with E-state index in [1.807, 2.05) is 13.1 Å². The van der Waals surface area contributed by atoms with E-state index in [0.29, 0.717) is 17.1 Å². The second-order valence-electron chi connectivity index (χ2n) is 3.86. The number of ether oxygens (including phenoxy) is 1. The lowest BCUT2D eigenvalue weighted by molar-refractivity contribution is 0.102. The molecule has 2 aromatic rings. The van der Waals surface area contributed by atoms with Gasteiger partial charge in [0, 0.05) is 23.3 Å². The molecule has 0 atom stereocenters. The average molecular weight is 324 g/mol. The van der Waals surface area contributed by atoms with Crippen molar-refractivity contribution in [1.29, 1.82) is 0 Å². The summed E-state index contributed by atoms with van der Waals surface area (Å²) in [5, 5.41) is 6.94. The number of benzene rings is 1. The maximum atomic E-state index is 12.1. The summed E-state index contributed by atoms with van der Waals surface area (Å²) in [6.07, 6.45) is 1.81. The molecule has 0 saturated heterocycles. The number of hydrogen-bond donors (Lipinski definition) is 1. The Balaban J connectivity index is 2.20. The fourth-order valence-corrected chi connectivity index (χ4v) is 1.98. The summed E-state index contributed by atoms with van der Waals surface area (Å²) in [5.41, 5.74) is 0.469. The maximum absolute atomic E-state index is 12.1. The van der Waals surface area contributed by atoms with E-state index in [9.17, 15) is 4.79 Å².